The summed E-state index contributed by atoms with van der Waals surface area (Å²) in [6, 6.07) is 2.63. The fraction of sp³-hybridized carbons (Fsp3) is 0.692. The second-order valence-electron chi connectivity index (χ2n) is 4.80. The Morgan fingerprint density at radius 2 is 2.44 bits per heavy atom. The SMILES string of the molecule is CNC(Cc1ccsc1)C1(C)CCCCO1. The van der Waals surface area contributed by atoms with Gasteiger partial charge in [-0.3, -0.25) is 0 Å². The van der Waals surface area contributed by atoms with E-state index < -0.39 is 0 Å². The maximum Gasteiger partial charge on any atom is 0.0809 e. The summed E-state index contributed by atoms with van der Waals surface area (Å²) >= 11 is 1.77. The number of nitrogens with one attached hydrogen (secondary N) is 1. The molecule has 1 saturated heterocycles. The van der Waals surface area contributed by atoms with Crippen molar-refractivity contribution in [3.8, 4) is 0 Å². The van der Waals surface area contributed by atoms with E-state index in [2.05, 4.69) is 29.1 Å². The molecular weight excluding hydrogens is 218 g/mol. The average Bonchev–Trinajstić information content (AvgIpc) is 2.79. The van der Waals surface area contributed by atoms with Crippen LogP contribution in [-0.4, -0.2) is 25.3 Å². The van der Waals surface area contributed by atoms with Crippen LogP contribution in [0.2, 0.25) is 0 Å². The van der Waals surface area contributed by atoms with Crippen LogP contribution in [-0.2, 0) is 11.2 Å². The molecule has 3 heteroatoms. The van der Waals surface area contributed by atoms with E-state index in [-0.39, 0.29) is 5.60 Å². The molecule has 0 spiro atoms. The Kier molecular flexibility index (Phi) is 4.00. The lowest BCUT2D eigenvalue weighted by molar-refractivity contribution is -0.0870. The van der Waals surface area contributed by atoms with Crippen molar-refractivity contribution in [2.45, 2.75) is 44.2 Å². The third-order valence-electron chi connectivity index (χ3n) is 3.60. The molecule has 2 heterocycles. The zero-order valence-electron chi connectivity index (χ0n) is 10.2. The minimum Gasteiger partial charge on any atom is -0.374 e. The van der Waals surface area contributed by atoms with Crippen molar-refractivity contribution in [1.82, 2.24) is 5.32 Å². The largest absolute Gasteiger partial charge is 0.374 e. The highest BCUT2D eigenvalue weighted by atomic mass is 32.1. The predicted octanol–water partition coefficient (Wildman–Crippen LogP) is 2.84. The first-order valence-electron chi connectivity index (χ1n) is 6.07. The Labute approximate surface area is 102 Å². The summed E-state index contributed by atoms with van der Waals surface area (Å²) < 4.78 is 6.01. The molecule has 1 aliphatic rings. The van der Waals surface area contributed by atoms with Crippen molar-refractivity contribution in [2.75, 3.05) is 13.7 Å². The van der Waals surface area contributed by atoms with Crippen LogP contribution in [0.25, 0.3) is 0 Å². The van der Waals surface area contributed by atoms with Crippen LogP contribution in [0.4, 0.5) is 0 Å². The molecule has 2 unspecified atom stereocenters. The average molecular weight is 239 g/mol. The second kappa shape index (κ2) is 5.30. The Bertz CT molecular complexity index is 304. The van der Waals surface area contributed by atoms with Gasteiger partial charge in [-0.05, 0) is 62.0 Å². The summed E-state index contributed by atoms with van der Waals surface area (Å²) in [4.78, 5) is 0. The van der Waals surface area contributed by atoms with Gasteiger partial charge in [-0.15, -0.1) is 0 Å². The molecule has 0 saturated carbocycles. The summed E-state index contributed by atoms with van der Waals surface area (Å²) in [5, 5.41) is 7.81. The zero-order chi connectivity index (χ0) is 11.4. The molecule has 0 amide bonds. The normalized spacial score (nSPS) is 27.9. The highest BCUT2D eigenvalue weighted by molar-refractivity contribution is 7.07. The highest BCUT2D eigenvalue weighted by Gasteiger charge is 2.35. The van der Waals surface area contributed by atoms with Crippen molar-refractivity contribution in [1.29, 1.82) is 0 Å². The lowest BCUT2D eigenvalue weighted by atomic mass is 9.85. The summed E-state index contributed by atoms with van der Waals surface area (Å²) in [5.41, 5.74) is 1.43. The smallest absolute Gasteiger partial charge is 0.0809 e. The molecule has 1 fully saturated rings. The van der Waals surface area contributed by atoms with E-state index >= 15 is 0 Å². The molecule has 0 aliphatic carbocycles. The number of hydrogen-bond acceptors (Lipinski definition) is 3. The molecule has 1 N–H and O–H groups in total. The van der Waals surface area contributed by atoms with E-state index in [1.54, 1.807) is 11.3 Å². The topological polar surface area (TPSA) is 21.3 Å². The van der Waals surface area contributed by atoms with Gasteiger partial charge in [-0.25, -0.2) is 0 Å². The van der Waals surface area contributed by atoms with Crippen molar-refractivity contribution in [3.63, 3.8) is 0 Å². The minimum atomic E-state index is 0.00887. The number of rotatable bonds is 4. The number of ether oxygens (including phenoxy) is 1. The Balaban J connectivity index is 2.03. The molecule has 90 valence electrons. The fourth-order valence-electron chi connectivity index (χ4n) is 2.50. The van der Waals surface area contributed by atoms with Crippen LogP contribution in [0.1, 0.15) is 31.7 Å². The van der Waals surface area contributed by atoms with Gasteiger partial charge < -0.3 is 10.1 Å². The van der Waals surface area contributed by atoms with Crippen LogP contribution in [0.3, 0.4) is 0 Å². The molecule has 16 heavy (non-hydrogen) atoms. The fourth-order valence-corrected chi connectivity index (χ4v) is 3.18. The van der Waals surface area contributed by atoms with Gasteiger partial charge >= 0.3 is 0 Å². The molecule has 0 bridgehead atoms. The third kappa shape index (κ3) is 2.65. The minimum absolute atomic E-state index is 0.00887. The van der Waals surface area contributed by atoms with E-state index in [4.69, 9.17) is 4.74 Å². The number of hydrogen-bond donors (Lipinski definition) is 1. The van der Waals surface area contributed by atoms with E-state index in [0.717, 1.165) is 13.0 Å². The van der Waals surface area contributed by atoms with Crippen LogP contribution in [0, 0.1) is 0 Å². The van der Waals surface area contributed by atoms with Crippen molar-refractivity contribution in [3.05, 3.63) is 22.4 Å². The molecule has 1 aliphatic heterocycles. The Hall–Kier alpha value is -0.380. The molecule has 2 rings (SSSR count). The van der Waals surface area contributed by atoms with Gasteiger partial charge in [0.1, 0.15) is 0 Å². The van der Waals surface area contributed by atoms with Crippen LogP contribution in [0.5, 0.6) is 0 Å². The molecule has 1 aromatic heterocycles. The lowest BCUT2D eigenvalue weighted by Gasteiger charge is -2.40. The standard InChI is InChI=1S/C13H21NOS/c1-13(6-3-4-7-15-13)12(14-2)9-11-5-8-16-10-11/h5,8,10,12,14H,3-4,6-7,9H2,1-2H3. The molecule has 0 aromatic carbocycles. The summed E-state index contributed by atoms with van der Waals surface area (Å²) in [5.74, 6) is 0. The van der Waals surface area contributed by atoms with E-state index in [1.807, 2.05) is 7.05 Å². The van der Waals surface area contributed by atoms with Gasteiger partial charge in [0, 0.05) is 12.6 Å². The molecule has 2 atom stereocenters. The summed E-state index contributed by atoms with van der Waals surface area (Å²) in [6.45, 7) is 3.16. The first kappa shape index (κ1) is 12.1. The Morgan fingerprint density at radius 1 is 1.56 bits per heavy atom. The van der Waals surface area contributed by atoms with Gasteiger partial charge in [-0.2, -0.15) is 11.3 Å². The molecular formula is C13H21NOS. The highest BCUT2D eigenvalue weighted by Crippen LogP contribution is 2.29. The van der Waals surface area contributed by atoms with Crippen LogP contribution in [0.15, 0.2) is 16.8 Å². The van der Waals surface area contributed by atoms with Gasteiger partial charge in [0.2, 0.25) is 0 Å². The molecule has 2 nitrogen and oxygen atoms in total. The van der Waals surface area contributed by atoms with Crippen molar-refractivity contribution < 1.29 is 4.74 Å². The molecule has 0 radical (unpaired) electrons. The summed E-state index contributed by atoms with van der Waals surface area (Å²) in [6.07, 6.45) is 4.74. The van der Waals surface area contributed by atoms with Crippen molar-refractivity contribution in [2.24, 2.45) is 0 Å². The maximum absolute atomic E-state index is 6.01. The van der Waals surface area contributed by atoms with Gasteiger partial charge in [0.15, 0.2) is 0 Å². The van der Waals surface area contributed by atoms with Crippen molar-refractivity contribution >= 4 is 11.3 Å². The van der Waals surface area contributed by atoms with Gasteiger partial charge in [0.05, 0.1) is 5.60 Å². The maximum atomic E-state index is 6.01. The molecule has 1 aromatic rings. The first-order valence-corrected chi connectivity index (χ1v) is 7.01. The monoisotopic (exact) mass is 239 g/mol. The third-order valence-corrected chi connectivity index (χ3v) is 4.34. The summed E-state index contributed by atoms with van der Waals surface area (Å²) in [7, 11) is 2.04. The predicted molar refractivity (Wildman–Crippen MR) is 69.1 cm³/mol. The van der Waals surface area contributed by atoms with E-state index in [9.17, 15) is 0 Å². The van der Waals surface area contributed by atoms with Gasteiger partial charge in [-0.1, -0.05) is 0 Å². The lowest BCUT2D eigenvalue weighted by Crippen LogP contribution is -2.52. The van der Waals surface area contributed by atoms with Gasteiger partial charge in [0.25, 0.3) is 0 Å². The number of thiophene rings is 1. The van der Waals surface area contributed by atoms with Crippen LogP contribution >= 0.6 is 11.3 Å². The van der Waals surface area contributed by atoms with Crippen LogP contribution < -0.4 is 5.32 Å². The number of likely N-dealkylation sites (N-methyl/N-ethyl adjacent to an activating group) is 1. The zero-order valence-corrected chi connectivity index (χ0v) is 11.0. The second-order valence-corrected chi connectivity index (χ2v) is 5.58. The quantitative estimate of drug-likeness (QED) is 0.872. The van der Waals surface area contributed by atoms with E-state index in [1.165, 1.54) is 24.8 Å². The Morgan fingerprint density at radius 3 is 3.00 bits per heavy atom. The van der Waals surface area contributed by atoms with E-state index in [0.29, 0.717) is 6.04 Å². The first-order chi connectivity index (χ1) is 7.74.